The molecule has 0 amide bonds. The van der Waals surface area contributed by atoms with Crippen molar-refractivity contribution < 1.29 is 0 Å². The van der Waals surface area contributed by atoms with E-state index in [0.29, 0.717) is 0 Å². The molecule has 0 N–H and O–H groups in total. The summed E-state index contributed by atoms with van der Waals surface area (Å²) in [4.78, 5) is 0. The molecule has 0 spiro atoms. The zero-order valence-electron chi connectivity index (χ0n) is 36.9. The van der Waals surface area contributed by atoms with Gasteiger partial charge >= 0.3 is 0 Å². The van der Waals surface area contributed by atoms with Crippen molar-refractivity contribution in [2.24, 2.45) is 0 Å². The molecular weight excluding hydrogens is 709 g/mol. The highest BCUT2D eigenvalue weighted by molar-refractivity contribution is 6.34. The average Bonchev–Trinajstić information content (AvgIpc) is 3.18. The summed E-state index contributed by atoms with van der Waals surface area (Å²) in [6.45, 7) is 27.8. The normalized spacial score (nSPS) is 12.6. The van der Waals surface area contributed by atoms with E-state index in [1.165, 1.54) is 99.1 Å². The first-order valence-electron chi connectivity index (χ1n) is 21.2. The van der Waals surface area contributed by atoms with Crippen molar-refractivity contribution in [3.05, 3.63) is 168 Å². The van der Waals surface area contributed by atoms with Gasteiger partial charge in [-0.05, 0) is 133 Å². The number of hydrogen-bond donors (Lipinski definition) is 0. The molecule has 0 nitrogen and oxygen atoms in total. The van der Waals surface area contributed by atoms with Gasteiger partial charge in [0.25, 0.3) is 0 Å². The smallest absolute Gasteiger partial charge is 0.000139 e. The van der Waals surface area contributed by atoms with Crippen LogP contribution in [-0.4, -0.2) is 0 Å². The van der Waals surface area contributed by atoms with Gasteiger partial charge in [0.2, 0.25) is 0 Å². The first kappa shape index (κ1) is 41.7. The molecule has 8 aromatic carbocycles. The molecule has 0 radical (unpaired) electrons. The maximum atomic E-state index is 2.51. The number of fused-ring (bicyclic) bond motifs is 3. The van der Waals surface area contributed by atoms with Gasteiger partial charge in [0.05, 0.1) is 0 Å². The second-order valence-electron chi connectivity index (χ2n) is 20.7. The highest BCUT2D eigenvalue weighted by atomic mass is 14.3. The highest BCUT2D eigenvalue weighted by Crippen LogP contribution is 2.54. The summed E-state index contributed by atoms with van der Waals surface area (Å²) >= 11 is 0. The molecule has 59 heavy (non-hydrogen) atoms. The van der Waals surface area contributed by atoms with Crippen LogP contribution in [0.4, 0.5) is 0 Å². The van der Waals surface area contributed by atoms with E-state index in [9.17, 15) is 0 Å². The van der Waals surface area contributed by atoms with E-state index in [1.807, 2.05) is 0 Å². The second kappa shape index (κ2) is 15.0. The van der Waals surface area contributed by atoms with Crippen LogP contribution >= 0.6 is 0 Å². The molecule has 0 heteroatoms. The van der Waals surface area contributed by atoms with Crippen LogP contribution in [0.1, 0.15) is 113 Å². The van der Waals surface area contributed by atoms with E-state index in [2.05, 4.69) is 229 Å². The Bertz CT molecular complexity index is 2590. The van der Waals surface area contributed by atoms with Gasteiger partial charge in [0, 0.05) is 0 Å². The number of rotatable bonds is 4. The van der Waals surface area contributed by atoms with E-state index in [0.717, 1.165) is 0 Å². The fourth-order valence-corrected chi connectivity index (χ4v) is 8.84. The van der Waals surface area contributed by atoms with E-state index in [4.69, 9.17) is 0 Å². The molecule has 0 heterocycles. The minimum absolute atomic E-state index is 0. The van der Waals surface area contributed by atoms with Crippen LogP contribution < -0.4 is 0 Å². The highest BCUT2D eigenvalue weighted by Gasteiger charge is 2.28. The maximum Gasteiger partial charge on any atom is -0.000139 e. The van der Waals surface area contributed by atoms with Crippen molar-refractivity contribution in [1.29, 1.82) is 0 Å². The van der Waals surface area contributed by atoms with Crippen LogP contribution in [0.3, 0.4) is 0 Å². The summed E-state index contributed by atoms with van der Waals surface area (Å²) in [5.41, 5.74) is 15.5. The Labute approximate surface area is 355 Å². The van der Waals surface area contributed by atoms with E-state index < -0.39 is 0 Å². The Hall–Kier alpha value is -5.46. The van der Waals surface area contributed by atoms with Gasteiger partial charge in [-0.25, -0.2) is 0 Å². The molecule has 0 bridgehead atoms. The first-order chi connectivity index (χ1) is 27.3. The van der Waals surface area contributed by atoms with Gasteiger partial charge in [-0.2, -0.15) is 0 Å². The summed E-state index contributed by atoms with van der Waals surface area (Å²) < 4.78 is 0. The van der Waals surface area contributed by atoms with Crippen molar-refractivity contribution in [2.45, 2.75) is 112 Å². The zero-order valence-corrected chi connectivity index (χ0v) is 36.9. The van der Waals surface area contributed by atoms with Gasteiger partial charge in [-0.15, -0.1) is 0 Å². The van der Waals surface area contributed by atoms with Crippen LogP contribution in [-0.2, 0) is 21.7 Å². The third-order valence-electron chi connectivity index (χ3n) is 12.3. The molecule has 8 rings (SSSR count). The summed E-state index contributed by atoms with van der Waals surface area (Å²) in [6, 6.07) is 55.9. The second-order valence-corrected chi connectivity index (χ2v) is 20.7. The fourth-order valence-electron chi connectivity index (χ4n) is 8.84. The van der Waals surface area contributed by atoms with Crippen molar-refractivity contribution in [1.82, 2.24) is 0 Å². The summed E-state index contributed by atoms with van der Waals surface area (Å²) in [5.74, 6) is 0. The topological polar surface area (TPSA) is 0 Å². The minimum atomic E-state index is -0.0286. The van der Waals surface area contributed by atoms with Gasteiger partial charge < -0.3 is 0 Å². The molecule has 0 aliphatic heterocycles. The first-order valence-corrected chi connectivity index (χ1v) is 21.2. The van der Waals surface area contributed by atoms with Crippen molar-refractivity contribution >= 4 is 32.3 Å². The zero-order chi connectivity index (χ0) is 41.4. The molecule has 0 unspecified atom stereocenters. The Morgan fingerprint density at radius 3 is 0.797 bits per heavy atom. The monoisotopic (exact) mass is 773 g/mol. The van der Waals surface area contributed by atoms with Crippen LogP contribution in [0.2, 0.25) is 0 Å². The van der Waals surface area contributed by atoms with E-state index in [1.54, 1.807) is 0 Å². The lowest BCUT2D eigenvalue weighted by Gasteiger charge is -2.28. The fraction of sp³-hybridized carbons (Fsp3) is 0.288. The van der Waals surface area contributed by atoms with Crippen LogP contribution in [0.15, 0.2) is 146 Å². The van der Waals surface area contributed by atoms with Crippen molar-refractivity contribution in [3.8, 4) is 44.5 Å². The quantitative estimate of drug-likeness (QED) is 0.156. The van der Waals surface area contributed by atoms with Gasteiger partial charge in [0.15, 0.2) is 0 Å². The third kappa shape index (κ3) is 7.64. The number of benzene rings is 8. The van der Waals surface area contributed by atoms with E-state index >= 15 is 0 Å². The molecule has 0 aliphatic carbocycles. The van der Waals surface area contributed by atoms with Crippen LogP contribution in [0.5, 0.6) is 0 Å². The summed E-state index contributed by atoms with van der Waals surface area (Å²) in [6.07, 6.45) is 0. The van der Waals surface area contributed by atoms with Gasteiger partial charge in [-0.1, -0.05) is 224 Å². The Balaban J connectivity index is 0.00000528. The molecule has 0 aliphatic rings. The maximum absolute atomic E-state index is 2.51. The predicted molar refractivity (Wildman–Crippen MR) is 262 cm³/mol. The molecule has 8 aromatic rings. The summed E-state index contributed by atoms with van der Waals surface area (Å²) in [7, 11) is 0. The molecule has 0 saturated heterocycles. The van der Waals surface area contributed by atoms with Gasteiger partial charge in [-0.3, -0.25) is 0 Å². The van der Waals surface area contributed by atoms with E-state index in [-0.39, 0.29) is 29.1 Å². The Morgan fingerprint density at radius 1 is 0.254 bits per heavy atom. The molecule has 300 valence electrons. The molecule has 0 atom stereocenters. The largest absolute Gasteiger partial charge is 0.0776 e. The van der Waals surface area contributed by atoms with Crippen molar-refractivity contribution in [3.63, 3.8) is 0 Å². The Kier molecular flexibility index (Phi) is 10.6. The predicted octanol–water partition coefficient (Wildman–Crippen LogP) is 17.6. The summed E-state index contributed by atoms with van der Waals surface area (Å²) in [5, 5.41) is 7.74. The molecule has 0 saturated carbocycles. The average molecular weight is 773 g/mol. The van der Waals surface area contributed by atoms with Gasteiger partial charge in [0.1, 0.15) is 0 Å². The lowest BCUT2D eigenvalue weighted by atomic mass is 9.75. The standard InChI is InChI=1S/C58H60.CH4/c1-55(2,3)41-27-23-39(24-28-41)49-45-33-31-43(57(7,8)9)35-47(45)52(38-21-17-14-18-22-38)54-50(40-25-29-42(30-26-40)56(4,5)6)46-34-32-44(58(10,11)12)36-48(46)51(53(49)54)37-19-15-13-16-20-37;/h13-36H,1-12H3;1H4. The SMILES string of the molecule is C.CC(C)(C)c1ccc(-c2c3ccc(C(C)(C)C)cc3c(-c3ccccc3)c3c(-c4ccc(C(C)(C)C)cc4)c4ccc(C(C)(C)C)cc4c(-c4ccccc4)c23)cc1. The molecular formula is C59H64. The van der Waals surface area contributed by atoms with Crippen molar-refractivity contribution in [2.75, 3.05) is 0 Å². The minimum Gasteiger partial charge on any atom is -0.0776 e. The molecule has 0 aromatic heterocycles. The molecule has 0 fully saturated rings. The lowest BCUT2D eigenvalue weighted by Crippen LogP contribution is -2.11. The number of hydrogen-bond acceptors (Lipinski definition) is 0. The van der Waals surface area contributed by atoms with Crippen LogP contribution in [0, 0.1) is 0 Å². The lowest BCUT2D eigenvalue weighted by molar-refractivity contribution is 0.590. The Morgan fingerprint density at radius 2 is 0.508 bits per heavy atom. The van der Waals surface area contributed by atoms with Crippen LogP contribution in [0.25, 0.3) is 76.8 Å². The third-order valence-corrected chi connectivity index (χ3v) is 12.3.